The number of halogens is 2. The number of ether oxygens (including phenoxy) is 3. The summed E-state index contributed by atoms with van der Waals surface area (Å²) in [4.78, 5) is 35.7. The Morgan fingerprint density at radius 1 is 1.00 bits per heavy atom. The third-order valence-corrected chi connectivity index (χ3v) is 3.97. The van der Waals surface area contributed by atoms with Gasteiger partial charge in [0.2, 0.25) is 0 Å². The Balaban J connectivity index is 1.88. The highest BCUT2D eigenvalue weighted by Gasteiger charge is 2.17. The maximum absolute atomic E-state index is 12.3. The molecule has 2 rings (SSSR count). The number of aryl methyl sites for hydroxylation is 2. The smallest absolute Gasteiger partial charge is 0.387 e. The number of alkyl halides is 2. The van der Waals surface area contributed by atoms with Crippen LogP contribution in [0.1, 0.15) is 21.5 Å². The van der Waals surface area contributed by atoms with E-state index in [-0.39, 0.29) is 17.1 Å². The zero-order chi connectivity index (χ0) is 22.3. The van der Waals surface area contributed by atoms with E-state index in [2.05, 4.69) is 10.1 Å². The van der Waals surface area contributed by atoms with E-state index in [1.54, 1.807) is 12.1 Å². The van der Waals surface area contributed by atoms with E-state index in [1.807, 2.05) is 25.2 Å². The summed E-state index contributed by atoms with van der Waals surface area (Å²) in [6.07, 6.45) is 0. The summed E-state index contributed by atoms with van der Waals surface area (Å²) >= 11 is 0. The summed E-state index contributed by atoms with van der Waals surface area (Å²) in [6, 6.07) is 7.88. The molecule has 0 fully saturated rings. The summed E-state index contributed by atoms with van der Waals surface area (Å²) in [6.45, 7) is 0.0165. The maximum atomic E-state index is 12.3. The molecule has 0 atom stereocenters. The van der Waals surface area contributed by atoms with Gasteiger partial charge in [0, 0.05) is 5.69 Å². The summed E-state index contributed by atoms with van der Waals surface area (Å²) in [5.74, 6) is -2.14. The van der Waals surface area contributed by atoms with Crippen LogP contribution in [0.2, 0.25) is 0 Å². The Hall–Kier alpha value is -3.69. The summed E-state index contributed by atoms with van der Waals surface area (Å²) in [5.41, 5.74) is 2.46. The van der Waals surface area contributed by atoms with E-state index in [1.165, 1.54) is 13.2 Å². The predicted octanol–water partition coefficient (Wildman–Crippen LogP) is 3.42. The van der Waals surface area contributed by atoms with E-state index in [0.29, 0.717) is 5.69 Å². The molecule has 0 spiro atoms. The highest BCUT2D eigenvalue weighted by Crippen LogP contribution is 2.29. The van der Waals surface area contributed by atoms with Gasteiger partial charge in [-0.05, 0) is 55.3 Å². The number of hydrogen-bond acceptors (Lipinski definition) is 6. The average Bonchev–Trinajstić information content (AvgIpc) is 2.68. The number of nitrogens with one attached hydrogen (secondary N) is 2. The second-order valence-corrected chi connectivity index (χ2v) is 6.12. The molecule has 0 aliphatic rings. The van der Waals surface area contributed by atoms with Crippen molar-refractivity contribution in [3.8, 4) is 11.5 Å². The molecule has 2 N–H and O–H groups in total. The molecule has 0 aliphatic carbocycles. The normalized spacial score (nSPS) is 10.3. The Bertz CT molecular complexity index is 949. The van der Waals surface area contributed by atoms with Gasteiger partial charge in [0.1, 0.15) is 0 Å². The molecular weight excluding hydrogens is 402 g/mol. The van der Waals surface area contributed by atoms with Crippen LogP contribution < -0.4 is 20.1 Å². The second kappa shape index (κ2) is 10.2. The molecule has 160 valence electrons. The first kappa shape index (κ1) is 22.6. The van der Waals surface area contributed by atoms with Gasteiger partial charge in [-0.3, -0.25) is 10.1 Å². The molecule has 3 amide bonds. The lowest BCUT2D eigenvalue weighted by Crippen LogP contribution is -2.37. The molecule has 8 nitrogen and oxygen atoms in total. The Morgan fingerprint density at radius 2 is 1.73 bits per heavy atom. The topological polar surface area (TPSA) is 103 Å². The van der Waals surface area contributed by atoms with Crippen LogP contribution in [0.4, 0.5) is 19.3 Å². The summed E-state index contributed by atoms with van der Waals surface area (Å²) < 4.78 is 38.6. The van der Waals surface area contributed by atoms with E-state index >= 15 is 0 Å². The van der Waals surface area contributed by atoms with Crippen LogP contribution in [0.25, 0.3) is 0 Å². The van der Waals surface area contributed by atoms with Crippen LogP contribution in [-0.4, -0.2) is 38.2 Å². The SMILES string of the molecule is COc1cc(C(=O)OCC(=O)NC(=O)Nc2ccc(C)c(C)c2)ccc1OC(F)F. The van der Waals surface area contributed by atoms with E-state index in [0.717, 1.165) is 23.3 Å². The molecule has 0 saturated carbocycles. The molecule has 10 heteroatoms. The maximum Gasteiger partial charge on any atom is 0.387 e. The third-order valence-electron chi connectivity index (χ3n) is 3.97. The van der Waals surface area contributed by atoms with Crippen molar-refractivity contribution in [3.63, 3.8) is 0 Å². The molecule has 0 saturated heterocycles. The first-order valence-electron chi connectivity index (χ1n) is 8.67. The number of carbonyl (C=O) groups excluding carboxylic acids is 3. The number of imide groups is 1. The Kier molecular flexibility index (Phi) is 7.68. The summed E-state index contributed by atoms with van der Waals surface area (Å²) in [7, 11) is 1.21. The van der Waals surface area contributed by atoms with Gasteiger partial charge < -0.3 is 19.5 Å². The standard InChI is InChI=1S/C20H20F2N2O6/c1-11-4-6-14(8-12(11)2)23-20(27)24-17(25)10-29-18(26)13-5-7-15(30-19(21)22)16(9-13)28-3/h4-9,19H,10H2,1-3H3,(H2,23,24,25,27). The van der Waals surface area contributed by atoms with Crippen molar-refractivity contribution in [3.05, 3.63) is 53.1 Å². The molecule has 0 aliphatic heterocycles. The van der Waals surface area contributed by atoms with Crippen LogP contribution in [0, 0.1) is 13.8 Å². The largest absolute Gasteiger partial charge is 0.493 e. The zero-order valence-electron chi connectivity index (χ0n) is 16.5. The number of urea groups is 1. The van der Waals surface area contributed by atoms with Crippen LogP contribution in [-0.2, 0) is 9.53 Å². The number of carbonyl (C=O) groups is 3. The van der Waals surface area contributed by atoms with Crippen LogP contribution in [0.3, 0.4) is 0 Å². The lowest BCUT2D eigenvalue weighted by Gasteiger charge is -2.11. The fraction of sp³-hybridized carbons (Fsp3) is 0.250. The van der Waals surface area contributed by atoms with Gasteiger partial charge in [0.25, 0.3) is 5.91 Å². The molecule has 30 heavy (non-hydrogen) atoms. The number of esters is 1. The van der Waals surface area contributed by atoms with Crippen molar-refractivity contribution in [1.29, 1.82) is 0 Å². The number of rotatable bonds is 7. The Labute approximate surface area is 171 Å². The Morgan fingerprint density at radius 3 is 2.37 bits per heavy atom. The molecule has 2 aromatic rings. The van der Waals surface area contributed by atoms with E-state index in [9.17, 15) is 23.2 Å². The molecule has 0 bridgehead atoms. The molecule has 2 aromatic carbocycles. The quantitative estimate of drug-likeness (QED) is 0.663. The van der Waals surface area contributed by atoms with Crippen LogP contribution >= 0.6 is 0 Å². The minimum atomic E-state index is -3.06. The van der Waals surface area contributed by atoms with Crippen molar-refractivity contribution in [1.82, 2.24) is 5.32 Å². The predicted molar refractivity (Wildman–Crippen MR) is 103 cm³/mol. The number of amides is 3. The average molecular weight is 422 g/mol. The molecule has 0 unspecified atom stereocenters. The highest BCUT2D eigenvalue weighted by molar-refractivity contribution is 6.02. The first-order valence-corrected chi connectivity index (χ1v) is 8.67. The van der Waals surface area contributed by atoms with Crippen molar-refractivity contribution in [2.45, 2.75) is 20.5 Å². The van der Waals surface area contributed by atoms with E-state index < -0.39 is 31.1 Å². The van der Waals surface area contributed by atoms with Gasteiger partial charge in [-0.2, -0.15) is 8.78 Å². The summed E-state index contributed by atoms with van der Waals surface area (Å²) in [5, 5.41) is 4.52. The van der Waals surface area contributed by atoms with Gasteiger partial charge in [0.15, 0.2) is 18.1 Å². The van der Waals surface area contributed by atoms with Gasteiger partial charge in [0.05, 0.1) is 12.7 Å². The lowest BCUT2D eigenvalue weighted by atomic mass is 10.1. The highest BCUT2D eigenvalue weighted by atomic mass is 19.3. The molecule has 0 radical (unpaired) electrons. The number of methoxy groups -OCH3 is 1. The van der Waals surface area contributed by atoms with Crippen molar-refractivity contribution in [2.24, 2.45) is 0 Å². The monoisotopic (exact) mass is 422 g/mol. The lowest BCUT2D eigenvalue weighted by molar-refractivity contribution is -0.123. The zero-order valence-corrected chi connectivity index (χ0v) is 16.5. The third kappa shape index (κ3) is 6.43. The molecular formula is C20H20F2N2O6. The fourth-order valence-corrected chi connectivity index (χ4v) is 2.35. The van der Waals surface area contributed by atoms with Crippen LogP contribution in [0.15, 0.2) is 36.4 Å². The van der Waals surface area contributed by atoms with Gasteiger partial charge >= 0.3 is 18.6 Å². The minimum Gasteiger partial charge on any atom is -0.493 e. The van der Waals surface area contributed by atoms with Crippen molar-refractivity contribution < 1.29 is 37.4 Å². The van der Waals surface area contributed by atoms with Gasteiger partial charge in [-0.1, -0.05) is 6.07 Å². The van der Waals surface area contributed by atoms with E-state index in [4.69, 9.17) is 9.47 Å². The number of benzene rings is 2. The fourth-order valence-electron chi connectivity index (χ4n) is 2.35. The van der Waals surface area contributed by atoms with Crippen LogP contribution in [0.5, 0.6) is 11.5 Å². The van der Waals surface area contributed by atoms with Crippen molar-refractivity contribution >= 4 is 23.6 Å². The van der Waals surface area contributed by atoms with Gasteiger partial charge in [-0.15, -0.1) is 0 Å². The van der Waals surface area contributed by atoms with Gasteiger partial charge in [-0.25, -0.2) is 9.59 Å². The molecule has 0 heterocycles. The minimum absolute atomic E-state index is 0.0548. The molecule has 0 aromatic heterocycles. The van der Waals surface area contributed by atoms with Crippen molar-refractivity contribution in [2.75, 3.05) is 19.0 Å². The second-order valence-electron chi connectivity index (χ2n) is 6.12. The first-order chi connectivity index (χ1) is 14.2. The number of hydrogen-bond donors (Lipinski definition) is 2. The number of anilines is 1.